The number of rotatable bonds is 7. The van der Waals surface area contributed by atoms with Crippen LogP contribution in [0.2, 0.25) is 0 Å². The molecule has 0 spiro atoms. The van der Waals surface area contributed by atoms with Gasteiger partial charge >= 0.3 is 5.97 Å². The van der Waals surface area contributed by atoms with Crippen LogP contribution >= 0.6 is 0 Å². The quantitative estimate of drug-likeness (QED) is 0.372. The fraction of sp³-hybridized carbons (Fsp3) is 0.214. The van der Waals surface area contributed by atoms with E-state index < -0.39 is 11.9 Å². The summed E-state index contributed by atoms with van der Waals surface area (Å²) in [4.78, 5) is 12.7. The molecule has 1 aliphatic heterocycles. The van der Waals surface area contributed by atoms with Gasteiger partial charge in [0.15, 0.2) is 11.5 Å². The molecule has 3 aromatic carbocycles. The van der Waals surface area contributed by atoms with Crippen LogP contribution in [0.1, 0.15) is 46.8 Å². The van der Waals surface area contributed by atoms with E-state index in [0.717, 1.165) is 16.7 Å². The molecule has 1 unspecified atom stereocenters. The molecule has 35 heavy (non-hydrogen) atoms. The first kappa shape index (κ1) is 23.7. The van der Waals surface area contributed by atoms with Gasteiger partial charge in [-0.05, 0) is 56.2 Å². The summed E-state index contributed by atoms with van der Waals surface area (Å²) in [5, 5.41) is 9.86. The summed E-state index contributed by atoms with van der Waals surface area (Å²) >= 11 is 0. The van der Waals surface area contributed by atoms with Gasteiger partial charge < -0.3 is 24.7 Å². The summed E-state index contributed by atoms with van der Waals surface area (Å²) in [6, 6.07) is 20.0. The lowest BCUT2D eigenvalue weighted by molar-refractivity contribution is 0.0733. The predicted octanol–water partition coefficient (Wildman–Crippen LogP) is 5.23. The third-order valence-electron chi connectivity index (χ3n) is 5.67. The van der Waals surface area contributed by atoms with Crippen LogP contribution in [-0.4, -0.2) is 19.2 Å². The lowest BCUT2D eigenvalue weighted by Gasteiger charge is -2.27. The van der Waals surface area contributed by atoms with E-state index in [-0.39, 0.29) is 11.5 Å². The average Bonchev–Trinajstić information content (AvgIpc) is 2.84. The van der Waals surface area contributed by atoms with Crippen LogP contribution in [0.25, 0.3) is 0 Å². The summed E-state index contributed by atoms with van der Waals surface area (Å²) in [5.74, 6) is 0.974. The van der Waals surface area contributed by atoms with Crippen molar-refractivity contribution in [3.05, 3.63) is 94.4 Å². The smallest absolute Gasteiger partial charge is 0.343 e. The van der Waals surface area contributed by atoms with E-state index in [1.165, 1.54) is 0 Å². The van der Waals surface area contributed by atoms with Crippen molar-refractivity contribution in [3.63, 3.8) is 0 Å². The topological polar surface area (TPSA) is 104 Å². The zero-order valence-electron chi connectivity index (χ0n) is 19.8. The van der Waals surface area contributed by atoms with Gasteiger partial charge in [-0.15, -0.1) is 0 Å². The van der Waals surface area contributed by atoms with Crippen molar-refractivity contribution in [2.24, 2.45) is 5.73 Å². The third-order valence-corrected chi connectivity index (χ3v) is 5.67. The predicted molar refractivity (Wildman–Crippen MR) is 131 cm³/mol. The van der Waals surface area contributed by atoms with Crippen LogP contribution in [0.5, 0.6) is 23.0 Å². The first-order chi connectivity index (χ1) is 17.0. The Labute approximate surface area is 204 Å². The molecular formula is C28H26N2O5. The molecule has 0 saturated carbocycles. The molecule has 0 saturated heterocycles. The number of ether oxygens (including phenoxy) is 4. The number of allylic oxidation sites excluding steroid dienone is 1. The number of carbonyl (C=O) groups is 1. The Hall–Kier alpha value is -4.44. The highest BCUT2D eigenvalue weighted by atomic mass is 16.5. The van der Waals surface area contributed by atoms with Crippen molar-refractivity contribution in [1.29, 1.82) is 5.26 Å². The summed E-state index contributed by atoms with van der Waals surface area (Å²) in [6.07, 6.45) is 0. The second-order valence-corrected chi connectivity index (χ2v) is 7.90. The Morgan fingerprint density at radius 1 is 1.03 bits per heavy atom. The molecule has 3 aromatic rings. The molecule has 0 radical (unpaired) electrons. The van der Waals surface area contributed by atoms with Gasteiger partial charge in [-0.2, -0.15) is 5.26 Å². The molecule has 7 heteroatoms. The van der Waals surface area contributed by atoms with E-state index in [0.29, 0.717) is 41.8 Å². The number of esters is 1. The van der Waals surface area contributed by atoms with Gasteiger partial charge in [0.05, 0.1) is 24.7 Å². The van der Waals surface area contributed by atoms with Gasteiger partial charge in [0.25, 0.3) is 0 Å². The minimum atomic E-state index is -0.486. The maximum absolute atomic E-state index is 12.7. The molecule has 1 atom stereocenters. The van der Waals surface area contributed by atoms with Gasteiger partial charge in [-0.3, -0.25) is 0 Å². The largest absolute Gasteiger partial charge is 0.490 e. The molecule has 1 aliphatic rings. The number of aryl methyl sites for hydroxylation is 1. The van der Waals surface area contributed by atoms with Crippen LogP contribution in [0.3, 0.4) is 0 Å². The number of nitrogens with two attached hydrogens (primary N) is 1. The van der Waals surface area contributed by atoms with Crippen molar-refractivity contribution < 1.29 is 23.7 Å². The number of fused-ring (bicyclic) bond motifs is 1. The number of nitrogens with zero attached hydrogens (tertiary/aromatic N) is 1. The Morgan fingerprint density at radius 2 is 1.77 bits per heavy atom. The van der Waals surface area contributed by atoms with E-state index in [1.54, 1.807) is 30.3 Å². The average molecular weight is 471 g/mol. The minimum Gasteiger partial charge on any atom is -0.490 e. The maximum Gasteiger partial charge on any atom is 0.343 e. The first-order valence-electron chi connectivity index (χ1n) is 11.4. The van der Waals surface area contributed by atoms with Crippen molar-refractivity contribution in [2.75, 3.05) is 13.2 Å². The Morgan fingerprint density at radius 3 is 2.49 bits per heavy atom. The summed E-state index contributed by atoms with van der Waals surface area (Å²) < 4.78 is 22.8. The minimum absolute atomic E-state index is 0.000718. The Bertz CT molecular complexity index is 1340. The monoisotopic (exact) mass is 470 g/mol. The van der Waals surface area contributed by atoms with E-state index >= 15 is 0 Å². The van der Waals surface area contributed by atoms with Crippen LogP contribution in [0.4, 0.5) is 0 Å². The van der Waals surface area contributed by atoms with Crippen molar-refractivity contribution in [2.45, 2.75) is 26.7 Å². The molecule has 4 rings (SSSR count). The molecule has 0 bridgehead atoms. The Kier molecular flexibility index (Phi) is 6.93. The van der Waals surface area contributed by atoms with E-state index in [4.69, 9.17) is 24.7 Å². The highest BCUT2D eigenvalue weighted by Gasteiger charge is 2.32. The van der Waals surface area contributed by atoms with Gasteiger partial charge in [0.2, 0.25) is 5.88 Å². The number of nitriles is 1. The van der Waals surface area contributed by atoms with Crippen molar-refractivity contribution >= 4 is 5.97 Å². The van der Waals surface area contributed by atoms with E-state index in [2.05, 4.69) is 6.07 Å². The van der Waals surface area contributed by atoms with Crippen molar-refractivity contribution in [3.8, 4) is 29.1 Å². The normalized spacial score (nSPS) is 14.4. The van der Waals surface area contributed by atoms with E-state index in [9.17, 15) is 10.1 Å². The summed E-state index contributed by atoms with van der Waals surface area (Å²) in [6.45, 7) is 6.61. The lowest BCUT2D eigenvalue weighted by atomic mass is 9.83. The number of hydrogen-bond donors (Lipinski definition) is 1. The summed E-state index contributed by atoms with van der Waals surface area (Å²) in [7, 11) is 0. The molecule has 0 fully saturated rings. The van der Waals surface area contributed by atoms with Crippen LogP contribution in [0, 0.1) is 18.3 Å². The molecule has 1 heterocycles. The highest BCUT2D eigenvalue weighted by Crippen LogP contribution is 2.45. The fourth-order valence-electron chi connectivity index (χ4n) is 4.05. The second-order valence-electron chi connectivity index (χ2n) is 7.90. The molecule has 0 aromatic heterocycles. The highest BCUT2D eigenvalue weighted by molar-refractivity contribution is 5.92. The first-order valence-corrected chi connectivity index (χ1v) is 11.4. The molecular weight excluding hydrogens is 444 g/mol. The molecule has 2 N–H and O–H groups in total. The lowest BCUT2D eigenvalue weighted by Crippen LogP contribution is -2.21. The SMILES string of the molecule is CCOc1ccc(C2C(C#N)=C(N)Oc3cc(OC(=O)c4ccccc4C)ccc32)cc1OCC. The molecule has 7 nitrogen and oxygen atoms in total. The number of carbonyl (C=O) groups excluding carboxylic acids is 1. The zero-order chi connectivity index (χ0) is 24.9. The van der Waals surface area contributed by atoms with Gasteiger partial charge in [-0.1, -0.05) is 30.3 Å². The molecule has 0 aliphatic carbocycles. The van der Waals surface area contributed by atoms with Crippen LogP contribution < -0.4 is 24.7 Å². The number of hydrogen-bond acceptors (Lipinski definition) is 7. The van der Waals surface area contributed by atoms with Crippen LogP contribution in [-0.2, 0) is 0 Å². The van der Waals surface area contributed by atoms with Crippen molar-refractivity contribution in [1.82, 2.24) is 0 Å². The maximum atomic E-state index is 12.7. The Balaban J connectivity index is 1.72. The van der Waals surface area contributed by atoms with Crippen LogP contribution in [0.15, 0.2) is 72.1 Å². The standard InChI is InChI=1S/C28H26N2O5/c1-4-32-23-13-10-18(14-25(23)33-5-2)26-21-12-11-19(15-24(21)35-27(30)22(26)16-29)34-28(31)20-9-7-6-8-17(20)3/h6-15,26H,4-5,30H2,1-3H3. The molecule has 178 valence electrons. The van der Waals surface area contributed by atoms with Gasteiger partial charge in [0.1, 0.15) is 23.1 Å². The molecule has 0 amide bonds. The van der Waals surface area contributed by atoms with Gasteiger partial charge in [-0.25, -0.2) is 4.79 Å². The fourth-order valence-corrected chi connectivity index (χ4v) is 4.05. The second kappa shape index (κ2) is 10.2. The number of benzene rings is 3. The zero-order valence-corrected chi connectivity index (χ0v) is 19.8. The van der Waals surface area contributed by atoms with E-state index in [1.807, 2.05) is 51.1 Å². The van der Waals surface area contributed by atoms with Gasteiger partial charge in [0, 0.05) is 11.6 Å². The third kappa shape index (κ3) is 4.78. The summed E-state index contributed by atoms with van der Waals surface area (Å²) in [5.41, 5.74) is 9.24.